The lowest BCUT2D eigenvalue weighted by atomic mass is 9.99. The zero-order valence-electron chi connectivity index (χ0n) is 13.0. The average molecular weight is 351 g/mol. The largest absolute Gasteiger partial charge is 0.439 e. The Morgan fingerprint density at radius 3 is 2.64 bits per heavy atom. The fraction of sp³-hybridized carbons (Fsp3) is 0.111. The highest BCUT2D eigenvalue weighted by Gasteiger charge is 2.28. The van der Waals surface area contributed by atoms with E-state index in [0.29, 0.717) is 21.6 Å². The van der Waals surface area contributed by atoms with Crippen LogP contribution in [0.5, 0.6) is 0 Å². The molecule has 3 rings (SSSR count). The van der Waals surface area contributed by atoms with Crippen LogP contribution in [0.15, 0.2) is 57.8 Å². The Morgan fingerprint density at radius 2 is 1.92 bits per heavy atom. The summed E-state index contributed by atoms with van der Waals surface area (Å²) in [5, 5.41) is 9.49. The van der Waals surface area contributed by atoms with Crippen LogP contribution in [-0.2, 0) is 4.79 Å². The van der Waals surface area contributed by atoms with Crippen LogP contribution in [0.2, 0.25) is 0 Å². The summed E-state index contributed by atoms with van der Waals surface area (Å²) in [4.78, 5) is 28.7. The van der Waals surface area contributed by atoms with E-state index in [4.69, 9.17) is 10.2 Å². The number of oxazole rings is 1. The average Bonchev–Trinajstić information content (AvgIpc) is 3.04. The molecule has 0 aliphatic carbocycles. The molecule has 25 heavy (non-hydrogen) atoms. The van der Waals surface area contributed by atoms with Crippen LogP contribution < -0.4 is 5.73 Å². The molecule has 0 spiro atoms. The van der Waals surface area contributed by atoms with Crippen LogP contribution in [0.3, 0.4) is 0 Å². The number of ketones is 1. The van der Waals surface area contributed by atoms with Crippen molar-refractivity contribution in [2.24, 2.45) is 5.73 Å². The number of carbonyl (C=O) groups is 2. The van der Waals surface area contributed by atoms with Crippen molar-refractivity contribution in [2.75, 3.05) is 5.75 Å². The van der Waals surface area contributed by atoms with Gasteiger partial charge in [0.2, 0.25) is 11.8 Å². The van der Waals surface area contributed by atoms with E-state index in [-0.39, 0.29) is 11.6 Å². The van der Waals surface area contributed by atoms with Crippen molar-refractivity contribution in [3.63, 3.8) is 0 Å². The molecule has 0 aliphatic rings. The van der Waals surface area contributed by atoms with Crippen molar-refractivity contribution >= 4 is 34.6 Å². The standard InChI is InChI=1S/C18H13N3O3S/c19-9-12(18-21-13-6-2-3-7-14(13)24-18)17(23)11-5-1-4-8-15(11)25-10-16(20)22/h1-8,12H,10H2,(H2,20,22)/t12-/m0/s1. The maximum absolute atomic E-state index is 12.9. The second-order valence-corrected chi connectivity index (χ2v) is 6.21. The predicted molar refractivity (Wildman–Crippen MR) is 93.1 cm³/mol. The van der Waals surface area contributed by atoms with E-state index < -0.39 is 17.6 Å². The van der Waals surface area contributed by atoms with Crippen molar-refractivity contribution in [2.45, 2.75) is 10.8 Å². The van der Waals surface area contributed by atoms with E-state index in [1.54, 1.807) is 48.5 Å². The highest BCUT2D eigenvalue weighted by atomic mass is 32.2. The smallest absolute Gasteiger partial charge is 0.227 e. The summed E-state index contributed by atoms with van der Waals surface area (Å²) in [6.07, 6.45) is 0. The molecule has 1 aromatic heterocycles. The van der Waals surface area contributed by atoms with Crippen LogP contribution >= 0.6 is 11.8 Å². The Bertz CT molecular complexity index is 957. The van der Waals surface area contributed by atoms with Gasteiger partial charge in [0.25, 0.3) is 0 Å². The number of carbonyl (C=O) groups excluding carboxylic acids is 2. The summed E-state index contributed by atoms with van der Waals surface area (Å²) in [6.45, 7) is 0. The number of amides is 1. The monoisotopic (exact) mass is 351 g/mol. The maximum Gasteiger partial charge on any atom is 0.227 e. The number of nitriles is 1. The highest BCUT2D eigenvalue weighted by Crippen LogP contribution is 2.29. The van der Waals surface area contributed by atoms with Crippen molar-refractivity contribution in [1.82, 2.24) is 4.98 Å². The van der Waals surface area contributed by atoms with Crippen LogP contribution in [0.1, 0.15) is 22.2 Å². The molecule has 2 aromatic carbocycles. The Hall–Kier alpha value is -3.11. The third-order valence-electron chi connectivity index (χ3n) is 3.47. The maximum atomic E-state index is 12.9. The van der Waals surface area contributed by atoms with Gasteiger partial charge >= 0.3 is 0 Å². The van der Waals surface area contributed by atoms with Gasteiger partial charge in [-0.2, -0.15) is 5.26 Å². The van der Waals surface area contributed by atoms with Gasteiger partial charge in [-0.25, -0.2) is 4.98 Å². The molecule has 1 amide bonds. The zero-order chi connectivity index (χ0) is 17.8. The van der Waals surface area contributed by atoms with E-state index in [1.165, 1.54) is 0 Å². The van der Waals surface area contributed by atoms with Crippen LogP contribution in [0.4, 0.5) is 0 Å². The molecule has 0 aliphatic heterocycles. The van der Waals surface area contributed by atoms with Gasteiger partial charge in [0.15, 0.2) is 17.3 Å². The molecule has 124 valence electrons. The van der Waals surface area contributed by atoms with Crippen LogP contribution in [-0.4, -0.2) is 22.4 Å². The molecule has 0 saturated heterocycles. The van der Waals surface area contributed by atoms with Gasteiger partial charge in [-0.05, 0) is 18.2 Å². The number of hydrogen-bond donors (Lipinski definition) is 1. The third-order valence-corrected chi connectivity index (χ3v) is 4.57. The lowest BCUT2D eigenvalue weighted by Gasteiger charge is -2.09. The molecular formula is C18H13N3O3S. The molecule has 0 unspecified atom stereocenters. The second-order valence-electron chi connectivity index (χ2n) is 5.20. The SMILES string of the molecule is N#C[C@@H](C(=O)c1ccccc1SCC(N)=O)c1nc2ccccc2o1. The summed E-state index contributed by atoms with van der Waals surface area (Å²) in [7, 11) is 0. The summed E-state index contributed by atoms with van der Waals surface area (Å²) in [5.41, 5.74) is 6.60. The second kappa shape index (κ2) is 7.20. The predicted octanol–water partition coefficient (Wildman–Crippen LogP) is 2.90. The number of benzene rings is 2. The first-order valence-electron chi connectivity index (χ1n) is 7.39. The Balaban J connectivity index is 1.95. The number of fused-ring (bicyclic) bond motifs is 1. The molecule has 7 heteroatoms. The lowest BCUT2D eigenvalue weighted by Crippen LogP contribution is -2.15. The first-order valence-corrected chi connectivity index (χ1v) is 8.38. The van der Waals surface area contributed by atoms with Crippen molar-refractivity contribution < 1.29 is 14.0 Å². The summed E-state index contributed by atoms with van der Waals surface area (Å²) < 4.78 is 5.57. The quantitative estimate of drug-likeness (QED) is 0.540. The van der Waals surface area contributed by atoms with Crippen molar-refractivity contribution in [3.05, 3.63) is 60.0 Å². The minimum absolute atomic E-state index is 0.0460. The van der Waals surface area contributed by atoms with Crippen LogP contribution in [0.25, 0.3) is 11.1 Å². The van der Waals surface area contributed by atoms with Crippen molar-refractivity contribution in [1.29, 1.82) is 5.26 Å². The van der Waals surface area contributed by atoms with Gasteiger partial charge in [0, 0.05) is 10.5 Å². The molecule has 0 saturated carbocycles. The number of aromatic nitrogens is 1. The number of thioether (sulfide) groups is 1. The van der Waals surface area contributed by atoms with E-state index in [1.807, 2.05) is 6.07 Å². The Kier molecular flexibility index (Phi) is 4.82. The Labute approximate surface area is 147 Å². The zero-order valence-corrected chi connectivity index (χ0v) is 13.8. The molecule has 0 fully saturated rings. The first-order chi connectivity index (χ1) is 12.1. The summed E-state index contributed by atoms with van der Waals surface area (Å²) >= 11 is 1.16. The molecule has 1 atom stereocenters. The fourth-order valence-corrected chi connectivity index (χ4v) is 3.14. The van der Waals surface area contributed by atoms with E-state index >= 15 is 0 Å². The van der Waals surface area contributed by atoms with Gasteiger partial charge in [-0.1, -0.05) is 30.3 Å². The van der Waals surface area contributed by atoms with E-state index in [2.05, 4.69) is 4.98 Å². The minimum atomic E-state index is -1.16. The van der Waals surface area contributed by atoms with E-state index in [9.17, 15) is 14.9 Å². The third kappa shape index (κ3) is 3.54. The number of nitrogens with two attached hydrogens (primary N) is 1. The number of para-hydroxylation sites is 2. The molecular weight excluding hydrogens is 338 g/mol. The normalized spacial score (nSPS) is 11.8. The van der Waals surface area contributed by atoms with E-state index in [0.717, 1.165) is 11.8 Å². The summed E-state index contributed by atoms with van der Waals surface area (Å²) in [5.74, 6) is -1.97. The Morgan fingerprint density at radius 1 is 1.20 bits per heavy atom. The fourth-order valence-electron chi connectivity index (χ4n) is 2.34. The molecule has 2 N–H and O–H groups in total. The summed E-state index contributed by atoms with van der Waals surface area (Å²) in [6, 6.07) is 15.8. The van der Waals surface area contributed by atoms with Crippen LogP contribution in [0, 0.1) is 11.3 Å². The highest BCUT2D eigenvalue weighted by molar-refractivity contribution is 8.00. The van der Waals surface area contributed by atoms with Gasteiger partial charge in [0.05, 0.1) is 11.8 Å². The molecule has 0 radical (unpaired) electrons. The number of Topliss-reactive ketones (excluding diaryl/α,β-unsaturated/α-hetero) is 1. The number of nitrogens with zero attached hydrogens (tertiary/aromatic N) is 2. The topological polar surface area (TPSA) is 110 Å². The first kappa shape index (κ1) is 16.7. The minimum Gasteiger partial charge on any atom is -0.439 e. The number of primary amides is 1. The lowest BCUT2D eigenvalue weighted by molar-refractivity contribution is -0.115. The molecule has 0 bridgehead atoms. The molecule has 3 aromatic rings. The van der Waals surface area contributed by atoms with Gasteiger partial charge in [0.1, 0.15) is 5.52 Å². The van der Waals surface area contributed by atoms with Gasteiger partial charge in [-0.3, -0.25) is 9.59 Å². The van der Waals surface area contributed by atoms with Gasteiger partial charge < -0.3 is 10.2 Å². The number of rotatable bonds is 6. The molecule has 6 nitrogen and oxygen atoms in total. The van der Waals surface area contributed by atoms with Gasteiger partial charge in [-0.15, -0.1) is 11.8 Å². The van der Waals surface area contributed by atoms with Crippen molar-refractivity contribution in [3.8, 4) is 6.07 Å². The number of hydrogen-bond acceptors (Lipinski definition) is 6. The molecule has 1 heterocycles.